The lowest BCUT2D eigenvalue weighted by molar-refractivity contribution is 0.286. The molecule has 0 fully saturated rings. The van der Waals surface area contributed by atoms with Crippen LogP contribution in [0.3, 0.4) is 0 Å². The van der Waals surface area contributed by atoms with E-state index in [2.05, 4.69) is 34.4 Å². The molecule has 5 heteroatoms. The van der Waals surface area contributed by atoms with Gasteiger partial charge in [-0.25, -0.2) is 9.97 Å². The van der Waals surface area contributed by atoms with Crippen molar-refractivity contribution in [1.82, 2.24) is 9.97 Å². The Balaban J connectivity index is 2.76. The van der Waals surface area contributed by atoms with Crippen molar-refractivity contribution in [3.05, 3.63) is 11.4 Å². The number of nitrogens with zero attached hydrogens (tertiary/aromatic N) is 2. The Morgan fingerprint density at radius 3 is 2.16 bits per heavy atom. The molecule has 1 aromatic heterocycles. The summed E-state index contributed by atoms with van der Waals surface area (Å²) in [4.78, 5) is 9.06. The summed E-state index contributed by atoms with van der Waals surface area (Å²) in [5.74, 6) is 2.69. The van der Waals surface area contributed by atoms with Crippen LogP contribution in [0.2, 0.25) is 0 Å². The van der Waals surface area contributed by atoms with E-state index in [0.29, 0.717) is 0 Å². The van der Waals surface area contributed by atoms with Crippen molar-refractivity contribution in [3.8, 4) is 0 Å². The molecule has 3 N–H and O–H groups in total. The lowest BCUT2D eigenvalue weighted by atomic mass is 10.2. The Morgan fingerprint density at radius 2 is 1.63 bits per heavy atom. The fourth-order valence-corrected chi connectivity index (χ4v) is 1.75. The summed E-state index contributed by atoms with van der Waals surface area (Å²) in [5, 5.41) is 15.5. The van der Waals surface area contributed by atoms with Crippen LogP contribution in [-0.2, 0) is 6.42 Å². The first-order valence-corrected chi connectivity index (χ1v) is 7.19. The molecular weight excluding hydrogens is 240 g/mol. The van der Waals surface area contributed by atoms with Gasteiger partial charge in [0.1, 0.15) is 17.5 Å². The molecule has 0 radical (unpaired) electrons. The minimum Gasteiger partial charge on any atom is -0.396 e. The van der Waals surface area contributed by atoms with E-state index in [0.717, 1.165) is 61.8 Å². The van der Waals surface area contributed by atoms with Gasteiger partial charge >= 0.3 is 0 Å². The second kappa shape index (κ2) is 8.69. The van der Waals surface area contributed by atoms with E-state index in [1.165, 1.54) is 0 Å². The number of rotatable bonds is 9. The number of nitrogens with one attached hydrogen (secondary N) is 2. The number of anilines is 2. The van der Waals surface area contributed by atoms with Crippen LogP contribution in [0.1, 0.15) is 44.5 Å². The van der Waals surface area contributed by atoms with E-state index in [-0.39, 0.29) is 6.61 Å². The molecule has 0 unspecified atom stereocenters. The summed E-state index contributed by atoms with van der Waals surface area (Å²) in [5.41, 5.74) is 1.06. The highest BCUT2D eigenvalue weighted by molar-refractivity contribution is 5.57. The highest BCUT2D eigenvalue weighted by Gasteiger charge is 2.09. The molecule has 0 aliphatic carbocycles. The zero-order valence-corrected chi connectivity index (χ0v) is 12.3. The third-order valence-corrected chi connectivity index (χ3v) is 2.93. The van der Waals surface area contributed by atoms with Gasteiger partial charge in [-0.3, -0.25) is 0 Å². The number of hydrogen-bond donors (Lipinski definition) is 3. The van der Waals surface area contributed by atoms with Crippen molar-refractivity contribution in [2.24, 2.45) is 0 Å². The zero-order chi connectivity index (χ0) is 14.1. The van der Waals surface area contributed by atoms with Crippen molar-refractivity contribution in [2.45, 2.75) is 46.5 Å². The quantitative estimate of drug-likeness (QED) is 0.599. The highest BCUT2D eigenvalue weighted by Crippen LogP contribution is 2.20. The van der Waals surface area contributed by atoms with Gasteiger partial charge in [0.15, 0.2) is 0 Å². The van der Waals surface area contributed by atoms with E-state index < -0.39 is 0 Å². The van der Waals surface area contributed by atoms with Crippen molar-refractivity contribution in [2.75, 3.05) is 30.3 Å². The van der Waals surface area contributed by atoms with Crippen LogP contribution in [0.4, 0.5) is 11.6 Å². The maximum atomic E-state index is 8.78. The Hall–Kier alpha value is -1.36. The molecule has 0 saturated carbocycles. The lowest BCUT2D eigenvalue weighted by Crippen LogP contribution is -2.12. The number of aromatic nitrogens is 2. The van der Waals surface area contributed by atoms with Crippen LogP contribution >= 0.6 is 0 Å². The van der Waals surface area contributed by atoms with Gasteiger partial charge in [-0.15, -0.1) is 0 Å². The van der Waals surface area contributed by atoms with E-state index in [1.807, 2.05) is 6.92 Å². The van der Waals surface area contributed by atoms with Crippen molar-refractivity contribution < 1.29 is 5.11 Å². The van der Waals surface area contributed by atoms with Gasteiger partial charge < -0.3 is 15.7 Å². The topological polar surface area (TPSA) is 70.1 Å². The van der Waals surface area contributed by atoms with Gasteiger partial charge in [0.25, 0.3) is 0 Å². The number of unbranched alkanes of at least 4 members (excludes halogenated alkanes) is 1. The van der Waals surface area contributed by atoms with Gasteiger partial charge in [-0.05, 0) is 26.2 Å². The lowest BCUT2D eigenvalue weighted by Gasteiger charge is -2.14. The van der Waals surface area contributed by atoms with Crippen LogP contribution in [-0.4, -0.2) is 34.8 Å². The Labute approximate surface area is 115 Å². The number of hydrogen-bond acceptors (Lipinski definition) is 5. The minimum atomic E-state index is 0.244. The smallest absolute Gasteiger partial charge is 0.134 e. The summed E-state index contributed by atoms with van der Waals surface area (Å²) in [7, 11) is 0. The molecule has 0 atom stereocenters. The molecule has 0 bridgehead atoms. The first kappa shape index (κ1) is 15.7. The molecule has 0 spiro atoms. The van der Waals surface area contributed by atoms with Crippen molar-refractivity contribution in [1.29, 1.82) is 0 Å². The van der Waals surface area contributed by atoms with Crippen LogP contribution in [0.5, 0.6) is 0 Å². The summed E-state index contributed by atoms with van der Waals surface area (Å²) in [6, 6.07) is 0. The molecule has 0 amide bonds. The first-order valence-electron chi connectivity index (χ1n) is 7.19. The normalized spacial score (nSPS) is 10.5. The standard InChI is InChI=1S/C14H26N4O/c1-4-8-15-13-11(3)14(16-9-6-7-10-19)18-12(5-2)17-13/h19H,4-10H2,1-3H3,(H2,15,16,17,18). The van der Waals surface area contributed by atoms with Crippen LogP contribution in [0.15, 0.2) is 0 Å². The molecule has 0 aromatic carbocycles. The molecular formula is C14H26N4O. The monoisotopic (exact) mass is 266 g/mol. The third-order valence-electron chi connectivity index (χ3n) is 2.93. The summed E-state index contributed by atoms with van der Waals surface area (Å²) < 4.78 is 0. The van der Waals surface area contributed by atoms with Crippen LogP contribution in [0.25, 0.3) is 0 Å². The number of aliphatic hydroxyl groups excluding tert-OH is 1. The SMILES string of the molecule is CCCNc1nc(CC)nc(NCCCCO)c1C. The Kier molecular flexibility index (Phi) is 7.18. The number of aliphatic hydroxyl groups is 1. The van der Waals surface area contributed by atoms with Gasteiger partial charge in [0, 0.05) is 31.7 Å². The average molecular weight is 266 g/mol. The largest absolute Gasteiger partial charge is 0.396 e. The molecule has 0 aliphatic rings. The van der Waals surface area contributed by atoms with Gasteiger partial charge in [-0.2, -0.15) is 0 Å². The number of aryl methyl sites for hydroxylation is 1. The average Bonchev–Trinajstić information content (AvgIpc) is 2.43. The molecule has 19 heavy (non-hydrogen) atoms. The molecule has 1 heterocycles. The maximum absolute atomic E-state index is 8.78. The molecule has 0 saturated heterocycles. The van der Waals surface area contributed by atoms with E-state index >= 15 is 0 Å². The molecule has 0 aliphatic heterocycles. The Bertz CT molecular complexity index is 382. The summed E-state index contributed by atoms with van der Waals surface area (Å²) in [6.45, 7) is 8.22. The predicted molar refractivity (Wildman–Crippen MR) is 79.7 cm³/mol. The first-order chi connectivity index (χ1) is 9.22. The van der Waals surface area contributed by atoms with Crippen molar-refractivity contribution >= 4 is 11.6 Å². The second-order valence-corrected chi connectivity index (χ2v) is 4.60. The highest BCUT2D eigenvalue weighted by atomic mass is 16.2. The minimum absolute atomic E-state index is 0.244. The third kappa shape index (κ3) is 5.03. The van der Waals surface area contributed by atoms with Crippen molar-refractivity contribution in [3.63, 3.8) is 0 Å². The summed E-state index contributed by atoms with van der Waals surface area (Å²) in [6.07, 6.45) is 3.66. The molecule has 5 nitrogen and oxygen atoms in total. The van der Waals surface area contributed by atoms with E-state index in [4.69, 9.17) is 5.11 Å². The van der Waals surface area contributed by atoms with Gasteiger partial charge in [-0.1, -0.05) is 13.8 Å². The van der Waals surface area contributed by atoms with Gasteiger partial charge in [0.05, 0.1) is 0 Å². The van der Waals surface area contributed by atoms with E-state index in [1.54, 1.807) is 0 Å². The molecule has 108 valence electrons. The van der Waals surface area contributed by atoms with Crippen LogP contribution in [0, 0.1) is 6.92 Å². The molecule has 1 aromatic rings. The fraction of sp³-hybridized carbons (Fsp3) is 0.714. The molecule has 1 rings (SSSR count). The maximum Gasteiger partial charge on any atom is 0.134 e. The second-order valence-electron chi connectivity index (χ2n) is 4.60. The van der Waals surface area contributed by atoms with Gasteiger partial charge in [0.2, 0.25) is 0 Å². The summed E-state index contributed by atoms with van der Waals surface area (Å²) >= 11 is 0. The Morgan fingerprint density at radius 1 is 1.00 bits per heavy atom. The predicted octanol–water partition coefficient (Wildman–Crippen LogP) is 2.35. The zero-order valence-electron chi connectivity index (χ0n) is 12.3. The fourth-order valence-electron chi connectivity index (χ4n) is 1.75. The van der Waals surface area contributed by atoms with Crippen LogP contribution < -0.4 is 10.6 Å². The van der Waals surface area contributed by atoms with E-state index in [9.17, 15) is 0 Å².